The highest BCUT2D eigenvalue weighted by molar-refractivity contribution is 5.86. The number of amides is 1. The Labute approximate surface area is 117 Å². The number of hydrogen-bond donors (Lipinski definition) is 2. The minimum atomic E-state index is -4.76. The second-order valence-electron chi connectivity index (χ2n) is 3.58. The maximum absolute atomic E-state index is 12.0. The van der Waals surface area contributed by atoms with E-state index in [0.717, 1.165) is 16.9 Å². The molecule has 0 aliphatic carbocycles. The Balaban J connectivity index is 0.00000200. The summed E-state index contributed by atoms with van der Waals surface area (Å²) in [4.78, 5) is 12.1. The fraction of sp³-hybridized carbons (Fsp3) is 0.200. The number of hydrogen-bond acceptors (Lipinski definition) is 4. The number of halogens is 4. The summed E-state index contributed by atoms with van der Waals surface area (Å²) in [5.41, 5.74) is 7.69. The number of carbonyl (C=O) groups is 1. The summed E-state index contributed by atoms with van der Waals surface area (Å²) in [6, 6.07) is 3.68. The predicted molar refractivity (Wildman–Crippen MR) is 67.1 cm³/mol. The van der Waals surface area contributed by atoms with Crippen molar-refractivity contribution in [3.63, 3.8) is 0 Å². The highest BCUT2D eigenvalue weighted by Gasteiger charge is 2.31. The molecule has 3 N–H and O–H groups in total. The average Bonchev–Trinajstić information content (AvgIpc) is 2.68. The molecule has 0 radical (unpaired) electrons. The average molecular weight is 311 g/mol. The molecule has 2 rings (SSSR count). The van der Waals surface area contributed by atoms with Crippen LogP contribution in [0.25, 0.3) is 10.9 Å². The fourth-order valence-electron chi connectivity index (χ4n) is 1.42. The smallest absolute Gasteiger partial charge is 0.406 e. The first-order chi connectivity index (χ1) is 8.87. The Bertz CT molecular complexity index is 614. The van der Waals surface area contributed by atoms with Gasteiger partial charge in [-0.3, -0.25) is 4.79 Å². The van der Waals surface area contributed by atoms with Crippen molar-refractivity contribution >= 4 is 29.2 Å². The first-order valence-corrected chi connectivity index (χ1v) is 5.12. The van der Waals surface area contributed by atoms with Crippen LogP contribution in [0.2, 0.25) is 0 Å². The number of nitrogens with one attached hydrogen (secondary N) is 1. The molecule has 0 fully saturated rings. The number of aromatic nitrogens is 2. The van der Waals surface area contributed by atoms with Crippen molar-refractivity contribution in [2.24, 2.45) is 5.73 Å². The van der Waals surface area contributed by atoms with E-state index in [9.17, 15) is 18.0 Å². The molecule has 1 aromatic carbocycles. The monoisotopic (exact) mass is 310 g/mol. The van der Waals surface area contributed by atoms with Crippen LogP contribution in [0.1, 0.15) is 0 Å². The van der Waals surface area contributed by atoms with Crippen LogP contribution in [-0.4, -0.2) is 28.7 Å². The zero-order valence-electron chi connectivity index (χ0n) is 9.85. The molecule has 110 valence electrons. The highest BCUT2D eigenvalue weighted by atomic mass is 35.5. The summed E-state index contributed by atoms with van der Waals surface area (Å²) in [5.74, 6) is -0.852. The molecule has 20 heavy (non-hydrogen) atoms. The van der Waals surface area contributed by atoms with Crippen molar-refractivity contribution < 1.29 is 22.7 Å². The third-order valence-corrected chi connectivity index (χ3v) is 2.14. The molecule has 1 aromatic heterocycles. The van der Waals surface area contributed by atoms with Gasteiger partial charge >= 0.3 is 6.36 Å². The lowest BCUT2D eigenvalue weighted by molar-refractivity contribution is -0.274. The van der Waals surface area contributed by atoms with Crippen LogP contribution >= 0.6 is 12.4 Å². The van der Waals surface area contributed by atoms with E-state index in [4.69, 9.17) is 5.73 Å². The number of fused-ring (bicyclic) bond motifs is 1. The van der Waals surface area contributed by atoms with E-state index in [-0.39, 0.29) is 30.2 Å². The number of carbonyl (C=O) groups excluding carboxylic acids is 1. The number of nitrogens with zero attached hydrogens (tertiary/aromatic N) is 2. The summed E-state index contributed by atoms with van der Waals surface area (Å²) in [7, 11) is 0. The lowest BCUT2D eigenvalue weighted by Crippen LogP contribution is -2.29. The number of alkyl halides is 3. The predicted octanol–water partition coefficient (Wildman–Crippen LogP) is 1.39. The normalized spacial score (nSPS) is 11.0. The number of benzene rings is 1. The van der Waals surface area contributed by atoms with Crippen LogP contribution in [0.4, 0.5) is 13.2 Å². The summed E-state index contributed by atoms with van der Waals surface area (Å²) in [6.45, 7) is -0.224. The van der Waals surface area contributed by atoms with Crippen LogP contribution in [0.5, 0.6) is 5.75 Å². The van der Waals surface area contributed by atoms with Gasteiger partial charge in [0.2, 0.25) is 0 Å². The van der Waals surface area contributed by atoms with E-state index in [1.54, 1.807) is 0 Å². The minimum absolute atomic E-state index is 0. The van der Waals surface area contributed by atoms with Gasteiger partial charge in [-0.1, -0.05) is 0 Å². The van der Waals surface area contributed by atoms with E-state index in [2.05, 4.69) is 15.3 Å². The first-order valence-electron chi connectivity index (χ1n) is 5.12. The van der Waals surface area contributed by atoms with Gasteiger partial charge in [0.25, 0.3) is 5.91 Å². The lowest BCUT2D eigenvalue weighted by Gasteiger charge is -2.07. The summed E-state index contributed by atoms with van der Waals surface area (Å²) in [5, 5.41) is 4.42. The van der Waals surface area contributed by atoms with Crippen molar-refractivity contribution in [3.8, 4) is 5.75 Å². The Hall–Kier alpha value is -2.00. The quantitative estimate of drug-likeness (QED) is 0.897. The van der Waals surface area contributed by atoms with Crippen molar-refractivity contribution in [2.45, 2.75) is 6.36 Å². The van der Waals surface area contributed by atoms with Gasteiger partial charge in [-0.05, 0) is 12.1 Å². The number of rotatable bonds is 3. The molecule has 1 heterocycles. The minimum Gasteiger partial charge on any atom is -0.406 e. The maximum Gasteiger partial charge on any atom is 0.573 e. The Morgan fingerprint density at radius 1 is 1.45 bits per heavy atom. The van der Waals surface area contributed by atoms with Crippen molar-refractivity contribution in [3.05, 3.63) is 24.4 Å². The van der Waals surface area contributed by atoms with Gasteiger partial charge in [0, 0.05) is 11.5 Å². The molecule has 10 heteroatoms. The summed E-state index contributed by atoms with van der Waals surface area (Å²) >= 11 is 0. The standard InChI is InChI=1S/C10H9F3N4O2.ClH/c11-10(12,13)19-7-2-1-6-5-17(15-8(6)3-7)16-9(18)4-14;/h1-3,5H,4,14H2,(H,16,18);1H. The van der Waals surface area contributed by atoms with Gasteiger partial charge in [-0.2, -0.15) is 9.89 Å². The SMILES string of the molecule is Cl.NCC(=O)Nn1cc2ccc(OC(F)(F)F)cc2n1. The molecule has 2 aromatic rings. The molecule has 0 spiro atoms. The topological polar surface area (TPSA) is 82.2 Å². The van der Waals surface area contributed by atoms with Crippen molar-refractivity contribution in [2.75, 3.05) is 12.0 Å². The van der Waals surface area contributed by atoms with Crippen LogP contribution in [0.15, 0.2) is 24.4 Å². The van der Waals surface area contributed by atoms with E-state index >= 15 is 0 Å². The van der Waals surface area contributed by atoms with Gasteiger partial charge in [0.05, 0.1) is 18.3 Å². The summed E-state index contributed by atoms with van der Waals surface area (Å²) in [6.07, 6.45) is -3.32. The molecular weight excluding hydrogens is 301 g/mol. The van der Waals surface area contributed by atoms with E-state index < -0.39 is 12.3 Å². The maximum atomic E-state index is 12.0. The van der Waals surface area contributed by atoms with Crippen molar-refractivity contribution in [1.29, 1.82) is 0 Å². The molecule has 0 saturated carbocycles. The Morgan fingerprint density at radius 2 is 2.15 bits per heavy atom. The van der Waals surface area contributed by atoms with E-state index in [0.29, 0.717) is 5.39 Å². The van der Waals surface area contributed by atoms with E-state index in [1.165, 1.54) is 12.3 Å². The summed E-state index contributed by atoms with van der Waals surface area (Å²) < 4.78 is 39.9. The van der Waals surface area contributed by atoms with Crippen LogP contribution < -0.4 is 15.9 Å². The van der Waals surface area contributed by atoms with Gasteiger partial charge in [0.15, 0.2) is 0 Å². The molecule has 0 atom stereocenters. The van der Waals surface area contributed by atoms with Gasteiger partial charge in [-0.25, -0.2) is 5.43 Å². The zero-order valence-corrected chi connectivity index (χ0v) is 10.7. The Kier molecular flexibility index (Phi) is 4.79. The van der Waals surface area contributed by atoms with Crippen LogP contribution in [-0.2, 0) is 4.79 Å². The van der Waals surface area contributed by atoms with Crippen LogP contribution in [0.3, 0.4) is 0 Å². The van der Waals surface area contributed by atoms with Crippen molar-refractivity contribution in [1.82, 2.24) is 9.89 Å². The molecule has 0 bridgehead atoms. The zero-order chi connectivity index (χ0) is 14.0. The van der Waals surface area contributed by atoms with Crippen LogP contribution in [0, 0.1) is 0 Å². The largest absolute Gasteiger partial charge is 0.573 e. The third-order valence-electron chi connectivity index (χ3n) is 2.14. The molecule has 0 aliphatic rings. The van der Waals surface area contributed by atoms with Gasteiger partial charge in [-0.15, -0.1) is 25.6 Å². The molecule has 0 unspecified atom stereocenters. The number of nitrogens with two attached hydrogens (primary N) is 1. The Morgan fingerprint density at radius 3 is 2.75 bits per heavy atom. The van der Waals surface area contributed by atoms with Gasteiger partial charge in [0.1, 0.15) is 5.75 Å². The lowest BCUT2D eigenvalue weighted by atomic mass is 10.2. The second kappa shape index (κ2) is 5.97. The fourth-order valence-corrected chi connectivity index (χ4v) is 1.42. The molecular formula is C10H10ClF3N4O2. The second-order valence-corrected chi connectivity index (χ2v) is 3.58. The van der Waals surface area contributed by atoms with Gasteiger partial charge < -0.3 is 10.5 Å². The molecule has 0 aliphatic heterocycles. The first kappa shape index (κ1) is 16.1. The highest BCUT2D eigenvalue weighted by Crippen LogP contribution is 2.25. The number of ether oxygens (including phenoxy) is 1. The third kappa shape index (κ3) is 4.00. The molecule has 6 nitrogen and oxygen atoms in total. The van der Waals surface area contributed by atoms with E-state index in [1.807, 2.05) is 0 Å². The molecule has 1 amide bonds. The molecule has 0 saturated heterocycles.